The molecule has 2 fully saturated rings. The number of likely N-dealkylation sites (tertiary alicyclic amines) is 1. The number of rotatable bonds is 7. The van der Waals surface area contributed by atoms with E-state index < -0.39 is 0 Å². The van der Waals surface area contributed by atoms with E-state index in [1.165, 1.54) is 19.3 Å². The average Bonchev–Trinajstić information content (AvgIpc) is 3.15. The van der Waals surface area contributed by atoms with Crippen LogP contribution in [0.15, 0.2) is 48.5 Å². The van der Waals surface area contributed by atoms with Crippen molar-refractivity contribution in [1.29, 1.82) is 0 Å². The van der Waals surface area contributed by atoms with E-state index in [9.17, 15) is 4.79 Å². The van der Waals surface area contributed by atoms with Crippen molar-refractivity contribution in [3.05, 3.63) is 54.1 Å². The zero-order valence-electron chi connectivity index (χ0n) is 19.9. The lowest BCUT2D eigenvalue weighted by atomic mass is 9.77. The molecule has 2 saturated heterocycles. The second kappa shape index (κ2) is 10.1. The fourth-order valence-corrected chi connectivity index (χ4v) is 5.26. The van der Waals surface area contributed by atoms with Crippen LogP contribution in [0.2, 0.25) is 0 Å². The molecule has 0 spiro atoms. The minimum Gasteiger partial charge on any atom is -0.494 e. The first-order valence-electron chi connectivity index (χ1n) is 12.3. The van der Waals surface area contributed by atoms with Crippen molar-refractivity contribution in [3.63, 3.8) is 0 Å². The number of carbonyl (C=O) groups excluding carboxylic acids is 1. The predicted molar refractivity (Wildman–Crippen MR) is 131 cm³/mol. The summed E-state index contributed by atoms with van der Waals surface area (Å²) < 4.78 is 5.99. The lowest BCUT2D eigenvalue weighted by Gasteiger charge is -2.34. The van der Waals surface area contributed by atoms with Gasteiger partial charge in [0.1, 0.15) is 5.75 Å². The molecule has 1 amide bonds. The molecule has 2 aliphatic rings. The Morgan fingerprint density at radius 2 is 1.53 bits per heavy atom. The maximum Gasteiger partial charge on any atom is 0.254 e. The molecule has 4 heteroatoms. The Kier molecular flexibility index (Phi) is 7.20. The Morgan fingerprint density at radius 1 is 0.969 bits per heavy atom. The van der Waals surface area contributed by atoms with Crippen molar-refractivity contribution in [2.45, 2.75) is 71.4 Å². The highest BCUT2D eigenvalue weighted by Crippen LogP contribution is 2.33. The summed E-state index contributed by atoms with van der Waals surface area (Å²) in [6.45, 7) is 9.76. The number of nitrogens with one attached hydrogen (secondary N) is 1. The van der Waals surface area contributed by atoms with Crippen LogP contribution in [-0.2, 0) is 0 Å². The maximum absolute atomic E-state index is 12.9. The summed E-state index contributed by atoms with van der Waals surface area (Å²) in [5, 5.41) is 3.45. The predicted octanol–water partition coefficient (Wildman–Crippen LogP) is 5.92. The van der Waals surface area contributed by atoms with Gasteiger partial charge in [0.2, 0.25) is 0 Å². The number of piperidine rings is 1. The summed E-state index contributed by atoms with van der Waals surface area (Å²) >= 11 is 0. The van der Waals surface area contributed by atoms with Crippen molar-refractivity contribution in [3.8, 4) is 16.9 Å². The van der Waals surface area contributed by atoms with Crippen LogP contribution in [0, 0.1) is 5.41 Å². The molecule has 2 aromatic carbocycles. The molecule has 2 aliphatic heterocycles. The number of hydrogen-bond donors (Lipinski definition) is 1. The molecule has 172 valence electrons. The summed E-state index contributed by atoms with van der Waals surface area (Å²) in [6.07, 6.45) is 7.05. The molecule has 0 aliphatic carbocycles. The molecule has 0 radical (unpaired) electrons. The summed E-state index contributed by atoms with van der Waals surface area (Å²) in [5.74, 6) is 1.07. The van der Waals surface area contributed by atoms with Crippen LogP contribution in [0.4, 0.5) is 0 Å². The first kappa shape index (κ1) is 22.8. The quantitative estimate of drug-likeness (QED) is 0.550. The highest BCUT2D eigenvalue weighted by Gasteiger charge is 2.31. The van der Waals surface area contributed by atoms with Gasteiger partial charge in [-0.25, -0.2) is 0 Å². The molecule has 32 heavy (non-hydrogen) atoms. The van der Waals surface area contributed by atoms with Crippen molar-refractivity contribution >= 4 is 5.91 Å². The van der Waals surface area contributed by atoms with Gasteiger partial charge in [-0.15, -0.1) is 0 Å². The standard InChI is InChI=1S/C28H38N2O2/c1-21-5-6-22(2)30(21)27(31)25-9-7-23(8-10-25)24-11-13-26(14-12-24)32-20-4-15-28(3)16-18-29-19-17-28/h7-14,21-22,29H,4-6,15-20H2,1-3H3/t21-,22-/m1/s1. The molecule has 0 saturated carbocycles. The Balaban J connectivity index is 1.29. The first-order chi connectivity index (χ1) is 15.5. The Labute approximate surface area is 193 Å². The molecule has 2 atom stereocenters. The van der Waals surface area contributed by atoms with Crippen LogP contribution in [0.3, 0.4) is 0 Å². The lowest BCUT2D eigenvalue weighted by Crippen LogP contribution is -2.38. The zero-order valence-corrected chi connectivity index (χ0v) is 19.9. The number of hydrogen-bond acceptors (Lipinski definition) is 3. The molecule has 0 bridgehead atoms. The third-order valence-corrected chi connectivity index (χ3v) is 7.51. The van der Waals surface area contributed by atoms with Crippen LogP contribution in [0.5, 0.6) is 5.75 Å². The van der Waals surface area contributed by atoms with Crippen LogP contribution in [0.1, 0.15) is 69.7 Å². The Hall–Kier alpha value is -2.33. The van der Waals surface area contributed by atoms with Gasteiger partial charge >= 0.3 is 0 Å². The first-order valence-corrected chi connectivity index (χ1v) is 12.3. The van der Waals surface area contributed by atoms with E-state index in [2.05, 4.69) is 38.2 Å². The van der Waals surface area contributed by atoms with E-state index >= 15 is 0 Å². The summed E-state index contributed by atoms with van der Waals surface area (Å²) in [7, 11) is 0. The fourth-order valence-electron chi connectivity index (χ4n) is 5.26. The molecule has 4 rings (SSSR count). The minimum absolute atomic E-state index is 0.149. The van der Waals surface area contributed by atoms with Gasteiger partial charge in [0.25, 0.3) is 5.91 Å². The Bertz CT molecular complexity index is 875. The largest absolute Gasteiger partial charge is 0.494 e. The highest BCUT2D eigenvalue weighted by molar-refractivity contribution is 5.95. The Morgan fingerprint density at radius 3 is 2.12 bits per heavy atom. The van der Waals surface area contributed by atoms with Crippen LogP contribution in [-0.4, -0.2) is 42.6 Å². The van der Waals surface area contributed by atoms with Crippen LogP contribution >= 0.6 is 0 Å². The smallest absolute Gasteiger partial charge is 0.254 e. The van der Waals surface area contributed by atoms with E-state index in [1.54, 1.807) is 0 Å². The summed E-state index contributed by atoms with van der Waals surface area (Å²) in [5.41, 5.74) is 3.50. The number of ether oxygens (including phenoxy) is 1. The van der Waals surface area contributed by atoms with E-state index in [-0.39, 0.29) is 5.91 Å². The average molecular weight is 435 g/mol. The number of amides is 1. The maximum atomic E-state index is 12.9. The topological polar surface area (TPSA) is 41.6 Å². The number of nitrogens with zero attached hydrogens (tertiary/aromatic N) is 1. The molecule has 1 N–H and O–H groups in total. The van der Waals surface area contributed by atoms with Crippen molar-refractivity contribution < 1.29 is 9.53 Å². The summed E-state index contributed by atoms with van der Waals surface area (Å²) in [6, 6.07) is 17.0. The normalized spacial score (nSPS) is 22.7. The molecular weight excluding hydrogens is 396 g/mol. The molecular formula is C28H38N2O2. The molecule has 4 nitrogen and oxygen atoms in total. The van der Waals surface area contributed by atoms with Crippen LogP contribution in [0.25, 0.3) is 11.1 Å². The zero-order chi connectivity index (χ0) is 22.6. The highest BCUT2D eigenvalue weighted by atomic mass is 16.5. The van der Waals surface area contributed by atoms with Gasteiger partial charge in [0, 0.05) is 17.6 Å². The third-order valence-electron chi connectivity index (χ3n) is 7.51. The van der Waals surface area contributed by atoms with Crippen molar-refractivity contribution in [2.75, 3.05) is 19.7 Å². The molecule has 0 unspecified atom stereocenters. The van der Waals surface area contributed by atoms with Crippen LogP contribution < -0.4 is 10.1 Å². The van der Waals surface area contributed by atoms with Gasteiger partial charge in [-0.3, -0.25) is 4.79 Å². The van der Waals surface area contributed by atoms with E-state index in [0.717, 1.165) is 61.4 Å². The van der Waals surface area contributed by atoms with E-state index in [4.69, 9.17) is 4.74 Å². The lowest BCUT2D eigenvalue weighted by molar-refractivity contribution is 0.0693. The number of benzene rings is 2. The number of carbonyl (C=O) groups is 1. The van der Waals surface area contributed by atoms with Gasteiger partial charge in [0.05, 0.1) is 6.61 Å². The van der Waals surface area contributed by atoms with Gasteiger partial charge in [0.15, 0.2) is 0 Å². The van der Waals surface area contributed by atoms with Crippen molar-refractivity contribution in [2.24, 2.45) is 5.41 Å². The van der Waals surface area contributed by atoms with Crippen molar-refractivity contribution in [1.82, 2.24) is 10.2 Å². The minimum atomic E-state index is 0.149. The second-order valence-corrected chi connectivity index (χ2v) is 10.1. The fraction of sp³-hybridized carbons (Fsp3) is 0.536. The van der Waals surface area contributed by atoms with Gasteiger partial charge in [-0.1, -0.05) is 31.2 Å². The van der Waals surface area contributed by atoms with E-state index in [0.29, 0.717) is 17.5 Å². The molecule has 0 aromatic heterocycles. The SMILES string of the molecule is C[C@@H]1CC[C@@H](C)N1C(=O)c1ccc(-c2ccc(OCCCC3(C)CCNCC3)cc2)cc1. The van der Waals surface area contributed by atoms with Gasteiger partial charge in [-0.05, 0) is 106 Å². The summed E-state index contributed by atoms with van der Waals surface area (Å²) in [4.78, 5) is 14.9. The van der Waals surface area contributed by atoms with Gasteiger partial charge < -0.3 is 15.0 Å². The molecule has 2 aromatic rings. The monoisotopic (exact) mass is 434 g/mol. The third kappa shape index (κ3) is 5.35. The van der Waals surface area contributed by atoms with Gasteiger partial charge in [-0.2, -0.15) is 0 Å². The van der Waals surface area contributed by atoms with E-state index in [1.807, 2.05) is 41.3 Å². The second-order valence-electron chi connectivity index (χ2n) is 10.1. The molecule has 2 heterocycles.